The Labute approximate surface area is 122 Å². The van der Waals surface area contributed by atoms with Crippen LogP contribution in [0.25, 0.3) is 0 Å². The largest absolute Gasteiger partial charge is 0.476 e. The number of aromatic nitrogens is 2. The molecule has 1 amide bonds. The molecule has 1 saturated heterocycles. The van der Waals surface area contributed by atoms with Gasteiger partial charge >= 0.3 is 0 Å². The number of likely N-dealkylation sites (tertiary alicyclic amines) is 1. The molecule has 1 aliphatic heterocycles. The number of aliphatic hydroxyl groups excluding tert-OH is 1. The number of aliphatic hydroxyl groups is 1. The number of amides is 1. The van der Waals surface area contributed by atoms with Gasteiger partial charge in [-0.25, -0.2) is 0 Å². The lowest BCUT2D eigenvalue weighted by Gasteiger charge is -2.42. The number of hydrogen-bond donors (Lipinski definition) is 1. The summed E-state index contributed by atoms with van der Waals surface area (Å²) in [6.07, 6.45) is 2.94. The van der Waals surface area contributed by atoms with Gasteiger partial charge < -0.3 is 14.7 Å². The van der Waals surface area contributed by atoms with E-state index in [0.717, 1.165) is 0 Å². The van der Waals surface area contributed by atoms with Crippen molar-refractivity contribution in [3.8, 4) is 5.88 Å². The molecular weight excluding hydrogens is 282 g/mol. The Morgan fingerprint density at radius 1 is 1.55 bits per heavy atom. The summed E-state index contributed by atoms with van der Waals surface area (Å²) in [5, 5.41) is 9.47. The predicted molar refractivity (Wildman–Crippen MR) is 73.5 cm³/mol. The second-order valence-electron chi connectivity index (χ2n) is 5.61. The van der Waals surface area contributed by atoms with Gasteiger partial charge in [0.1, 0.15) is 0 Å². The molecular formula is C13H18ClN3O3. The molecule has 0 atom stereocenters. The third kappa shape index (κ3) is 3.37. The first-order valence-corrected chi connectivity index (χ1v) is 6.81. The van der Waals surface area contributed by atoms with Crippen LogP contribution in [0.5, 0.6) is 5.88 Å². The Kier molecular flexibility index (Phi) is 4.45. The van der Waals surface area contributed by atoms with Crippen LogP contribution in [0.1, 0.15) is 13.8 Å². The van der Waals surface area contributed by atoms with Crippen molar-refractivity contribution in [1.29, 1.82) is 0 Å². The molecule has 7 heteroatoms. The van der Waals surface area contributed by atoms with Crippen LogP contribution >= 0.6 is 11.6 Å². The summed E-state index contributed by atoms with van der Waals surface area (Å²) in [5.41, 5.74) is -0.718. The van der Waals surface area contributed by atoms with Gasteiger partial charge in [0.2, 0.25) is 11.8 Å². The smallest absolute Gasteiger partial charge is 0.233 e. The fraction of sp³-hybridized carbons (Fsp3) is 0.615. The minimum Gasteiger partial charge on any atom is -0.476 e. The lowest BCUT2D eigenvalue weighted by atomic mass is 9.89. The van der Waals surface area contributed by atoms with Crippen LogP contribution in [-0.4, -0.2) is 52.2 Å². The summed E-state index contributed by atoms with van der Waals surface area (Å²) in [5.74, 6) is 0.631. The van der Waals surface area contributed by atoms with Gasteiger partial charge in [-0.2, -0.15) is 4.98 Å². The van der Waals surface area contributed by atoms with Crippen LogP contribution < -0.4 is 4.74 Å². The van der Waals surface area contributed by atoms with Gasteiger partial charge in [-0.1, -0.05) is 11.6 Å². The fourth-order valence-electron chi connectivity index (χ4n) is 1.94. The SMILES string of the molecule is CC(C)(CO)C(=O)N1CC(COc2cncc(Cl)n2)C1. The molecule has 0 radical (unpaired) electrons. The second-order valence-corrected chi connectivity index (χ2v) is 6.00. The summed E-state index contributed by atoms with van der Waals surface area (Å²) < 4.78 is 5.49. The lowest BCUT2D eigenvalue weighted by molar-refractivity contribution is -0.149. The highest BCUT2D eigenvalue weighted by atomic mass is 35.5. The quantitative estimate of drug-likeness (QED) is 0.877. The van der Waals surface area contributed by atoms with E-state index in [-0.39, 0.29) is 23.6 Å². The Morgan fingerprint density at radius 2 is 2.25 bits per heavy atom. The zero-order valence-electron chi connectivity index (χ0n) is 11.5. The Morgan fingerprint density at radius 3 is 2.85 bits per heavy atom. The third-order valence-corrected chi connectivity index (χ3v) is 3.45. The van der Waals surface area contributed by atoms with Crippen LogP contribution in [0.3, 0.4) is 0 Å². The summed E-state index contributed by atoms with van der Waals surface area (Å²) in [6.45, 7) is 5.06. The molecule has 0 aliphatic carbocycles. The zero-order valence-corrected chi connectivity index (χ0v) is 12.3. The third-order valence-electron chi connectivity index (χ3n) is 3.27. The second kappa shape index (κ2) is 5.93. The molecule has 0 spiro atoms. The van der Waals surface area contributed by atoms with E-state index in [0.29, 0.717) is 25.6 Å². The minimum absolute atomic E-state index is 0.0289. The van der Waals surface area contributed by atoms with Crippen molar-refractivity contribution < 1.29 is 14.6 Å². The van der Waals surface area contributed by atoms with Gasteiger partial charge in [0.05, 0.1) is 31.0 Å². The molecule has 110 valence electrons. The monoisotopic (exact) mass is 299 g/mol. The van der Waals surface area contributed by atoms with Gasteiger partial charge in [-0.15, -0.1) is 0 Å². The molecule has 1 aliphatic rings. The molecule has 0 aromatic carbocycles. The van der Waals surface area contributed by atoms with E-state index in [9.17, 15) is 9.90 Å². The first-order valence-electron chi connectivity index (χ1n) is 6.43. The number of rotatable bonds is 5. The molecule has 1 aromatic rings. The summed E-state index contributed by atoms with van der Waals surface area (Å²) >= 11 is 5.71. The molecule has 20 heavy (non-hydrogen) atoms. The molecule has 1 fully saturated rings. The van der Waals surface area contributed by atoms with E-state index < -0.39 is 5.41 Å². The van der Waals surface area contributed by atoms with Crippen molar-refractivity contribution in [2.45, 2.75) is 13.8 Å². The topological polar surface area (TPSA) is 75.5 Å². The van der Waals surface area contributed by atoms with Crippen LogP contribution in [-0.2, 0) is 4.79 Å². The maximum atomic E-state index is 12.0. The Balaban J connectivity index is 1.76. The zero-order chi connectivity index (χ0) is 14.8. The van der Waals surface area contributed by atoms with E-state index in [2.05, 4.69) is 9.97 Å². The van der Waals surface area contributed by atoms with Crippen molar-refractivity contribution in [2.24, 2.45) is 11.3 Å². The van der Waals surface area contributed by atoms with Gasteiger partial charge in [-0.3, -0.25) is 9.78 Å². The van der Waals surface area contributed by atoms with E-state index in [1.54, 1.807) is 18.7 Å². The van der Waals surface area contributed by atoms with Crippen molar-refractivity contribution in [2.75, 3.05) is 26.3 Å². The first kappa shape index (κ1) is 15.0. The van der Waals surface area contributed by atoms with Crippen molar-refractivity contribution >= 4 is 17.5 Å². The van der Waals surface area contributed by atoms with Crippen LogP contribution in [0.2, 0.25) is 5.15 Å². The average molecular weight is 300 g/mol. The van der Waals surface area contributed by atoms with Gasteiger partial charge in [0.15, 0.2) is 5.15 Å². The molecule has 0 saturated carbocycles. The highest BCUT2D eigenvalue weighted by molar-refractivity contribution is 6.29. The lowest BCUT2D eigenvalue weighted by Crippen LogP contribution is -2.56. The predicted octanol–water partition coefficient (Wildman–Crippen LogP) is 0.986. The molecule has 2 rings (SSSR count). The summed E-state index contributed by atoms with van der Waals surface area (Å²) in [4.78, 5) is 21.6. The molecule has 6 nitrogen and oxygen atoms in total. The summed E-state index contributed by atoms with van der Waals surface area (Å²) in [6, 6.07) is 0. The van der Waals surface area contributed by atoms with Crippen LogP contribution in [0.15, 0.2) is 12.4 Å². The Bertz CT molecular complexity index is 490. The van der Waals surface area contributed by atoms with Gasteiger partial charge in [0, 0.05) is 19.0 Å². The molecule has 1 N–H and O–H groups in total. The minimum atomic E-state index is -0.718. The van der Waals surface area contributed by atoms with Gasteiger partial charge in [-0.05, 0) is 13.8 Å². The molecule has 1 aromatic heterocycles. The van der Waals surface area contributed by atoms with E-state index in [1.165, 1.54) is 12.4 Å². The molecule has 2 heterocycles. The number of carbonyl (C=O) groups excluding carboxylic acids is 1. The standard InChI is InChI=1S/C13H18ClN3O3/c1-13(2,8-18)12(19)17-5-9(6-17)7-20-11-4-15-3-10(14)16-11/h3-4,9,18H,5-8H2,1-2H3. The highest BCUT2D eigenvalue weighted by Crippen LogP contribution is 2.25. The van der Waals surface area contributed by atoms with E-state index in [1.807, 2.05) is 0 Å². The fourth-order valence-corrected chi connectivity index (χ4v) is 2.07. The van der Waals surface area contributed by atoms with Crippen molar-refractivity contribution in [1.82, 2.24) is 14.9 Å². The Hall–Kier alpha value is -1.40. The first-order chi connectivity index (χ1) is 9.42. The molecule has 0 bridgehead atoms. The number of carbonyl (C=O) groups is 1. The molecule has 0 unspecified atom stereocenters. The summed E-state index contributed by atoms with van der Waals surface area (Å²) in [7, 11) is 0. The number of nitrogens with zero attached hydrogens (tertiary/aromatic N) is 3. The van der Waals surface area contributed by atoms with Crippen molar-refractivity contribution in [3.63, 3.8) is 0 Å². The number of hydrogen-bond acceptors (Lipinski definition) is 5. The van der Waals surface area contributed by atoms with Crippen LogP contribution in [0, 0.1) is 11.3 Å². The van der Waals surface area contributed by atoms with Crippen LogP contribution in [0.4, 0.5) is 0 Å². The van der Waals surface area contributed by atoms with Crippen molar-refractivity contribution in [3.05, 3.63) is 17.5 Å². The average Bonchev–Trinajstić information content (AvgIpc) is 2.36. The maximum Gasteiger partial charge on any atom is 0.233 e. The highest BCUT2D eigenvalue weighted by Gasteiger charge is 2.38. The number of halogens is 1. The number of ether oxygens (including phenoxy) is 1. The van der Waals surface area contributed by atoms with E-state index in [4.69, 9.17) is 16.3 Å². The maximum absolute atomic E-state index is 12.0. The van der Waals surface area contributed by atoms with Gasteiger partial charge in [0.25, 0.3) is 0 Å². The van der Waals surface area contributed by atoms with E-state index >= 15 is 0 Å². The normalized spacial score (nSPS) is 15.9.